The van der Waals surface area contributed by atoms with E-state index in [2.05, 4.69) is 0 Å². The number of amides is 3. The molecule has 0 aliphatic carbocycles. The van der Waals surface area contributed by atoms with Crippen molar-refractivity contribution in [3.8, 4) is 5.75 Å². The minimum absolute atomic E-state index is 0.197. The van der Waals surface area contributed by atoms with Crippen molar-refractivity contribution in [2.45, 2.75) is 19.1 Å². The van der Waals surface area contributed by atoms with Gasteiger partial charge in [-0.15, -0.1) is 0 Å². The van der Waals surface area contributed by atoms with Crippen LogP contribution in [0, 0.1) is 0 Å². The van der Waals surface area contributed by atoms with Crippen LogP contribution in [0.3, 0.4) is 0 Å². The Morgan fingerprint density at radius 1 is 1.03 bits per heavy atom. The standard InChI is InChI=1S/C25H27N5O4/c1-4-34-19-12-10-18(11-13-19)30-20(17-8-6-5-7-9-17)16-29-21-22(26-24(29)30)27(2)25(32)28(23(21)31)14-15-33-3/h5-13,16,21-22H,4,14-15H2,1-3H3. The van der Waals surface area contributed by atoms with Crippen LogP contribution >= 0.6 is 0 Å². The minimum atomic E-state index is -0.638. The molecule has 0 N–H and O–H groups in total. The van der Waals surface area contributed by atoms with E-state index in [-0.39, 0.29) is 25.1 Å². The van der Waals surface area contributed by atoms with Gasteiger partial charge in [-0.05, 0) is 31.2 Å². The highest BCUT2D eigenvalue weighted by Crippen LogP contribution is 2.40. The molecular formula is C25H27N5O4. The Bertz CT molecular complexity index is 1150. The molecular weight excluding hydrogens is 434 g/mol. The fourth-order valence-corrected chi connectivity index (χ4v) is 4.55. The molecule has 176 valence electrons. The second-order valence-electron chi connectivity index (χ2n) is 8.21. The number of rotatable bonds is 7. The summed E-state index contributed by atoms with van der Waals surface area (Å²) in [6, 6.07) is 16.7. The number of hydrogen-bond acceptors (Lipinski definition) is 7. The number of imide groups is 1. The van der Waals surface area contributed by atoms with Crippen molar-refractivity contribution >= 4 is 29.3 Å². The number of methoxy groups -OCH3 is 1. The van der Waals surface area contributed by atoms with Crippen LogP contribution in [0.1, 0.15) is 12.5 Å². The Hall–Kier alpha value is -3.85. The van der Waals surface area contributed by atoms with Gasteiger partial charge in [0.25, 0.3) is 5.91 Å². The zero-order valence-electron chi connectivity index (χ0n) is 19.4. The topological polar surface area (TPSA) is 77.9 Å². The molecule has 0 spiro atoms. The van der Waals surface area contributed by atoms with E-state index in [9.17, 15) is 9.59 Å². The third kappa shape index (κ3) is 3.49. The first-order chi connectivity index (χ1) is 16.5. The lowest BCUT2D eigenvalue weighted by molar-refractivity contribution is -0.137. The number of nitrogens with zero attached hydrogens (tertiary/aromatic N) is 5. The number of ether oxygens (including phenoxy) is 2. The Morgan fingerprint density at radius 3 is 2.44 bits per heavy atom. The number of anilines is 1. The molecule has 9 heteroatoms. The van der Waals surface area contributed by atoms with E-state index in [1.165, 1.54) is 9.80 Å². The largest absolute Gasteiger partial charge is 0.494 e. The average molecular weight is 462 g/mol. The summed E-state index contributed by atoms with van der Waals surface area (Å²) in [6.45, 7) is 3.01. The molecule has 1 fully saturated rings. The van der Waals surface area contributed by atoms with Gasteiger partial charge in [0.1, 0.15) is 5.75 Å². The smallest absolute Gasteiger partial charge is 0.328 e. The molecule has 0 saturated carbocycles. The lowest BCUT2D eigenvalue weighted by Crippen LogP contribution is -2.64. The number of benzene rings is 2. The highest BCUT2D eigenvalue weighted by molar-refractivity contribution is 6.16. The Labute approximate surface area is 198 Å². The molecule has 2 aromatic rings. The van der Waals surface area contributed by atoms with E-state index < -0.39 is 12.2 Å². The molecule has 0 aromatic heterocycles. The molecule has 3 aliphatic heterocycles. The summed E-state index contributed by atoms with van der Waals surface area (Å²) < 4.78 is 10.7. The van der Waals surface area contributed by atoms with E-state index in [4.69, 9.17) is 14.5 Å². The van der Waals surface area contributed by atoms with Crippen LogP contribution in [0.25, 0.3) is 5.70 Å². The molecule has 0 bridgehead atoms. The van der Waals surface area contributed by atoms with Gasteiger partial charge in [-0.25, -0.2) is 9.79 Å². The van der Waals surface area contributed by atoms with E-state index >= 15 is 0 Å². The lowest BCUT2D eigenvalue weighted by Gasteiger charge is -2.40. The second-order valence-corrected chi connectivity index (χ2v) is 8.21. The van der Waals surface area contributed by atoms with E-state index in [0.29, 0.717) is 12.6 Å². The first-order valence-corrected chi connectivity index (χ1v) is 11.3. The zero-order valence-corrected chi connectivity index (χ0v) is 19.4. The van der Waals surface area contributed by atoms with Gasteiger partial charge in [-0.3, -0.25) is 19.5 Å². The third-order valence-corrected chi connectivity index (χ3v) is 6.21. The van der Waals surface area contributed by atoms with E-state index in [1.54, 1.807) is 14.2 Å². The first kappa shape index (κ1) is 22.0. The summed E-state index contributed by atoms with van der Waals surface area (Å²) in [6.07, 6.45) is 1.35. The number of guanidine groups is 1. The van der Waals surface area contributed by atoms with Crippen LogP contribution in [0.5, 0.6) is 5.75 Å². The van der Waals surface area contributed by atoms with Crippen molar-refractivity contribution in [2.75, 3.05) is 38.8 Å². The molecule has 2 atom stereocenters. The van der Waals surface area contributed by atoms with Crippen molar-refractivity contribution in [2.24, 2.45) is 4.99 Å². The fourth-order valence-electron chi connectivity index (χ4n) is 4.55. The zero-order chi connectivity index (χ0) is 23.8. The van der Waals surface area contributed by atoms with Gasteiger partial charge in [0.15, 0.2) is 12.2 Å². The Balaban J connectivity index is 1.56. The highest BCUT2D eigenvalue weighted by atomic mass is 16.5. The minimum Gasteiger partial charge on any atom is -0.494 e. The summed E-state index contributed by atoms with van der Waals surface area (Å²) >= 11 is 0. The van der Waals surface area contributed by atoms with Crippen LogP contribution in [0.4, 0.5) is 10.5 Å². The molecule has 5 rings (SSSR count). The maximum Gasteiger partial charge on any atom is 0.328 e. The van der Waals surface area contributed by atoms with E-state index in [1.807, 2.05) is 77.5 Å². The fraction of sp³-hybridized carbons (Fsp3) is 0.320. The van der Waals surface area contributed by atoms with Crippen molar-refractivity contribution in [1.82, 2.24) is 14.7 Å². The van der Waals surface area contributed by atoms with Crippen molar-refractivity contribution in [1.29, 1.82) is 0 Å². The maximum atomic E-state index is 13.5. The highest BCUT2D eigenvalue weighted by Gasteiger charge is 2.54. The SMILES string of the molecule is CCOc1ccc(N2C(c3ccccc3)=CN3C2=NC2C3C(=O)N(CCOC)C(=O)N2C)cc1. The van der Waals surface area contributed by atoms with Crippen LogP contribution < -0.4 is 9.64 Å². The molecule has 34 heavy (non-hydrogen) atoms. The van der Waals surface area contributed by atoms with Gasteiger partial charge in [-0.1, -0.05) is 30.3 Å². The van der Waals surface area contributed by atoms with Gasteiger partial charge in [-0.2, -0.15) is 0 Å². The summed E-state index contributed by atoms with van der Waals surface area (Å²) in [5.41, 5.74) is 2.78. The van der Waals surface area contributed by atoms with Gasteiger partial charge in [0.2, 0.25) is 5.96 Å². The predicted octanol–water partition coefficient (Wildman–Crippen LogP) is 2.81. The third-order valence-electron chi connectivity index (χ3n) is 6.21. The number of aliphatic imine (C=N–C) groups is 1. The molecule has 0 radical (unpaired) electrons. The van der Waals surface area contributed by atoms with Crippen LogP contribution in [-0.4, -0.2) is 78.7 Å². The van der Waals surface area contributed by atoms with Crippen molar-refractivity contribution in [3.05, 3.63) is 66.4 Å². The Morgan fingerprint density at radius 2 is 1.76 bits per heavy atom. The van der Waals surface area contributed by atoms with E-state index in [0.717, 1.165) is 22.7 Å². The number of fused-ring (bicyclic) bond motifs is 3. The summed E-state index contributed by atoms with van der Waals surface area (Å²) in [5.74, 6) is 1.12. The van der Waals surface area contributed by atoms with Crippen LogP contribution in [0.15, 0.2) is 65.8 Å². The molecule has 2 aromatic carbocycles. The number of hydrogen-bond donors (Lipinski definition) is 0. The summed E-state index contributed by atoms with van der Waals surface area (Å²) in [5, 5.41) is 0. The first-order valence-electron chi connectivity index (χ1n) is 11.3. The number of carbonyl (C=O) groups is 2. The summed E-state index contributed by atoms with van der Waals surface area (Å²) in [7, 11) is 3.23. The average Bonchev–Trinajstić information content (AvgIpc) is 3.41. The normalized spacial score (nSPS) is 21.5. The number of urea groups is 1. The predicted molar refractivity (Wildman–Crippen MR) is 128 cm³/mol. The van der Waals surface area contributed by atoms with Gasteiger partial charge >= 0.3 is 6.03 Å². The maximum absolute atomic E-state index is 13.5. The van der Waals surface area contributed by atoms with Crippen molar-refractivity contribution in [3.63, 3.8) is 0 Å². The second kappa shape index (κ2) is 8.83. The molecule has 3 aliphatic rings. The number of carbonyl (C=O) groups excluding carboxylic acids is 2. The van der Waals surface area contributed by atoms with Crippen LogP contribution in [-0.2, 0) is 9.53 Å². The molecule has 3 heterocycles. The monoisotopic (exact) mass is 461 g/mol. The van der Waals surface area contributed by atoms with Crippen LogP contribution in [0.2, 0.25) is 0 Å². The summed E-state index contributed by atoms with van der Waals surface area (Å²) in [4.78, 5) is 37.9. The van der Waals surface area contributed by atoms with Gasteiger partial charge in [0, 0.05) is 31.6 Å². The van der Waals surface area contributed by atoms with Gasteiger partial charge in [0.05, 0.1) is 25.5 Å². The quantitative estimate of drug-likeness (QED) is 0.631. The molecule has 1 saturated heterocycles. The molecule has 3 amide bonds. The van der Waals surface area contributed by atoms with Gasteiger partial charge < -0.3 is 14.4 Å². The Kier molecular flexibility index (Phi) is 5.70. The number of likely N-dealkylation sites (N-methyl/N-ethyl adjacent to an activating group) is 1. The lowest BCUT2D eigenvalue weighted by atomic mass is 10.1. The molecule has 2 unspecified atom stereocenters. The van der Waals surface area contributed by atoms with Crippen molar-refractivity contribution < 1.29 is 19.1 Å². The molecule has 9 nitrogen and oxygen atoms in total.